The molecule has 4 rings (SSSR count). The summed E-state index contributed by atoms with van der Waals surface area (Å²) in [5.74, 6) is -0.721. The van der Waals surface area contributed by atoms with Gasteiger partial charge in [-0.05, 0) is 48.1 Å². The van der Waals surface area contributed by atoms with E-state index in [1.54, 1.807) is 42.5 Å². The Kier molecular flexibility index (Phi) is 5.01. The highest BCUT2D eigenvalue weighted by molar-refractivity contribution is 6.06. The van der Waals surface area contributed by atoms with Gasteiger partial charge < -0.3 is 9.84 Å². The molecule has 3 aromatic rings. The standard InChI is InChI=1S/C23H19F2NO3/c1-13-10-15(12-14-6-2-5-9-19(14)29-23(24)25)21-17(11-13)20(22(27)28)16-7-3-4-8-18(16)26-21/h2-9,12-13,23H,10-11H2,1H3,(H,27,28)/b15-12+/t13-/m1/s1. The summed E-state index contributed by atoms with van der Waals surface area (Å²) in [6.45, 7) is -0.882. The first-order valence-corrected chi connectivity index (χ1v) is 9.33. The SMILES string of the molecule is C[C@@H]1C/C(=C\c2ccccc2OC(F)F)c2nc3ccccc3c(C(=O)O)c2C1. The van der Waals surface area contributed by atoms with E-state index in [1.165, 1.54) is 6.07 Å². The van der Waals surface area contributed by atoms with E-state index in [4.69, 9.17) is 4.98 Å². The second-order valence-electron chi connectivity index (χ2n) is 7.24. The Hall–Kier alpha value is -3.28. The van der Waals surface area contributed by atoms with Crippen molar-refractivity contribution in [3.63, 3.8) is 0 Å². The molecule has 4 nitrogen and oxygen atoms in total. The number of halogens is 2. The molecule has 1 atom stereocenters. The lowest BCUT2D eigenvalue weighted by atomic mass is 9.80. The summed E-state index contributed by atoms with van der Waals surface area (Å²) in [7, 11) is 0. The van der Waals surface area contributed by atoms with Crippen LogP contribution in [0.2, 0.25) is 0 Å². The van der Waals surface area contributed by atoms with Gasteiger partial charge in [0.15, 0.2) is 0 Å². The highest BCUT2D eigenvalue weighted by Crippen LogP contribution is 2.39. The Morgan fingerprint density at radius 3 is 2.66 bits per heavy atom. The van der Waals surface area contributed by atoms with E-state index in [2.05, 4.69) is 4.74 Å². The number of fused-ring (bicyclic) bond motifs is 2. The van der Waals surface area contributed by atoms with Gasteiger partial charge in [0.2, 0.25) is 0 Å². The van der Waals surface area contributed by atoms with E-state index in [-0.39, 0.29) is 17.2 Å². The third-order valence-electron chi connectivity index (χ3n) is 5.10. The van der Waals surface area contributed by atoms with Crippen molar-refractivity contribution >= 4 is 28.5 Å². The van der Waals surface area contributed by atoms with E-state index >= 15 is 0 Å². The first-order valence-electron chi connectivity index (χ1n) is 9.33. The third-order valence-corrected chi connectivity index (χ3v) is 5.10. The molecule has 1 aromatic heterocycles. The number of nitrogens with zero attached hydrogens (tertiary/aromatic N) is 1. The molecule has 2 aromatic carbocycles. The quantitative estimate of drug-likeness (QED) is 0.619. The number of aromatic carboxylic acids is 1. The van der Waals surface area contributed by atoms with Crippen molar-refractivity contribution in [2.45, 2.75) is 26.4 Å². The molecule has 148 valence electrons. The smallest absolute Gasteiger partial charge is 0.387 e. The number of allylic oxidation sites excluding steroid dienone is 1. The molecule has 1 heterocycles. The minimum absolute atomic E-state index is 0.0778. The lowest BCUT2D eigenvalue weighted by Gasteiger charge is -2.26. The van der Waals surface area contributed by atoms with E-state index in [0.717, 1.165) is 5.57 Å². The number of carboxylic acid groups (broad SMARTS) is 1. The van der Waals surface area contributed by atoms with Gasteiger partial charge in [-0.15, -0.1) is 0 Å². The van der Waals surface area contributed by atoms with Crippen LogP contribution in [0.3, 0.4) is 0 Å². The van der Waals surface area contributed by atoms with E-state index in [0.29, 0.717) is 40.6 Å². The van der Waals surface area contributed by atoms with Crippen molar-refractivity contribution in [3.05, 3.63) is 70.9 Å². The first kappa shape index (κ1) is 19.1. The second kappa shape index (κ2) is 7.62. The minimum Gasteiger partial charge on any atom is -0.478 e. The lowest BCUT2D eigenvalue weighted by molar-refractivity contribution is -0.0499. The molecule has 1 aliphatic carbocycles. The van der Waals surface area contributed by atoms with Gasteiger partial charge in [-0.3, -0.25) is 0 Å². The average Bonchev–Trinajstić information content (AvgIpc) is 2.67. The maximum atomic E-state index is 12.8. The number of benzene rings is 2. The number of rotatable bonds is 4. The van der Waals surface area contributed by atoms with Gasteiger partial charge in [-0.2, -0.15) is 8.78 Å². The van der Waals surface area contributed by atoms with Crippen LogP contribution >= 0.6 is 0 Å². The number of carboxylic acids is 1. The Morgan fingerprint density at radius 2 is 1.90 bits per heavy atom. The van der Waals surface area contributed by atoms with Crippen LogP contribution in [-0.4, -0.2) is 22.7 Å². The van der Waals surface area contributed by atoms with Crippen LogP contribution in [0.4, 0.5) is 8.78 Å². The summed E-state index contributed by atoms with van der Waals surface area (Å²) in [6.07, 6.45) is 3.04. The lowest BCUT2D eigenvalue weighted by Crippen LogP contribution is -2.17. The molecule has 6 heteroatoms. The monoisotopic (exact) mass is 395 g/mol. The number of carbonyl (C=O) groups is 1. The zero-order chi connectivity index (χ0) is 20.5. The zero-order valence-electron chi connectivity index (χ0n) is 15.7. The number of para-hydroxylation sites is 2. The molecule has 0 unspecified atom stereocenters. The number of alkyl halides is 2. The third kappa shape index (κ3) is 3.70. The summed E-state index contributed by atoms with van der Waals surface area (Å²) >= 11 is 0. The summed E-state index contributed by atoms with van der Waals surface area (Å²) in [5.41, 5.74) is 3.49. The fourth-order valence-electron chi connectivity index (χ4n) is 3.97. The maximum absolute atomic E-state index is 12.8. The molecule has 0 fully saturated rings. The van der Waals surface area contributed by atoms with Crippen LogP contribution in [0.5, 0.6) is 5.75 Å². The number of hydrogen-bond acceptors (Lipinski definition) is 3. The molecule has 1 N–H and O–H groups in total. The Labute approximate surface area is 166 Å². The van der Waals surface area contributed by atoms with Gasteiger partial charge >= 0.3 is 12.6 Å². The topological polar surface area (TPSA) is 59.4 Å². The fraction of sp³-hybridized carbons (Fsp3) is 0.217. The zero-order valence-corrected chi connectivity index (χ0v) is 15.7. The summed E-state index contributed by atoms with van der Waals surface area (Å²) in [5, 5.41) is 10.5. The predicted octanol–water partition coefficient (Wildman–Crippen LogP) is 5.66. The fourth-order valence-corrected chi connectivity index (χ4v) is 3.97. The molecule has 0 saturated heterocycles. The van der Waals surface area contributed by atoms with Crippen molar-refractivity contribution in [1.29, 1.82) is 0 Å². The van der Waals surface area contributed by atoms with Crippen molar-refractivity contribution in [1.82, 2.24) is 4.98 Å². The van der Waals surface area contributed by atoms with Crippen molar-refractivity contribution in [3.8, 4) is 5.75 Å². The average molecular weight is 395 g/mol. The van der Waals surface area contributed by atoms with Crippen LogP contribution in [0.15, 0.2) is 48.5 Å². The molecular formula is C23H19F2NO3. The second-order valence-corrected chi connectivity index (χ2v) is 7.24. The van der Waals surface area contributed by atoms with Gasteiger partial charge in [-0.1, -0.05) is 43.3 Å². The van der Waals surface area contributed by atoms with E-state index in [1.807, 2.05) is 13.0 Å². The van der Waals surface area contributed by atoms with Crippen molar-refractivity contribution in [2.75, 3.05) is 0 Å². The molecule has 0 radical (unpaired) electrons. The molecule has 0 saturated carbocycles. The predicted molar refractivity (Wildman–Crippen MR) is 107 cm³/mol. The number of hydrogen-bond donors (Lipinski definition) is 1. The first-order chi connectivity index (χ1) is 13.9. The summed E-state index contributed by atoms with van der Waals surface area (Å²) < 4.78 is 30.2. The Balaban J connectivity index is 1.94. The van der Waals surface area contributed by atoms with Crippen LogP contribution in [0, 0.1) is 5.92 Å². The summed E-state index contributed by atoms with van der Waals surface area (Å²) in [4.78, 5) is 16.8. The van der Waals surface area contributed by atoms with Gasteiger partial charge in [0.1, 0.15) is 5.75 Å². The maximum Gasteiger partial charge on any atom is 0.387 e. The van der Waals surface area contributed by atoms with Crippen molar-refractivity contribution < 1.29 is 23.4 Å². The van der Waals surface area contributed by atoms with Crippen molar-refractivity contribution in [2.24, 2.45) is 5.92 Å². The normalized spacial score (nSPS) is 17.5. The van der Waals surface area contributed by atoms with Gasteiger partial charge in [-0.25, -0.2) is 9.78 Å². The number of ether oxygens (including phenoxy) is 1. The highest BCUT2D eigenvalue weighted by Gasteiger charge is 2.28. The van der Waals surface area contributed by atoms with Crippen LogP contribution in [0.25, 0.3) is 22.6 Å². The summed E-state index contributed by atoms with van der Waals surface area (Å²) in [6, 6.07) is 13.7. The molecule has 1 aliphatic rings. The van der Waals surface area contributed by atoms with Gasteiger partial charge in [0, 0.05) is 10.9 Å². The van der Waals surface area contributed by atoms with E-state index < -0.39 is 12.6 Å². The largest absolute Gasteiger partial charge is 0.478 e. The Morgan fingerprint density at radius 1 is 1.17 bits per heavy atom. The molecule has 0 spiro atoms. The van der Waals surface area contributed by atoms with Crippen LogP contribution in [-0.2, 0) is 6.42 Å². The number of aromatic nitrogens is 1. The molecule has 0 amide bonds. The van der Waals surface area contributed by atoms with Gasteiger partial charge in [0.25, 0.3) is 0 Å². The highest BCUT2D eigenvalue weighted by atomic mass is 19.3. The molecule has 29 heavy (non-hydrogen) atoms. The van der Waals surface area contributed by atoms with E-state index in [9.17, 15) is 18.7 Å². The Bertz CT molecular complexity index is 1120. The molecule has 0 aliphatic heterocycles. The molecule has 0 bridgehead atoms. The molecular weight excluding hydrogens is 376 g/mol. The van der Waals surface area contributed by atoms with Crippen LogP contribution < -0.4 is 4.74 Å². The number of pyridine rings is 1. The van der Waals surface area contributed by atoms with Gasteiger partial charge in [0.05, 0.1) is 16.8 Å². The minimum atomic E-state index is -2.92. The van der Waals surface area contributed by atoms with Crippen LogP contribution in [0.1, 0.15) is 40.5 Å².